The first-order valence-corrected chi connectivity index (χ1v) is 9.70. The molecule has 0 bridgehead atoms. The van der Waals surface area contributed by atoms with Crippen LogP contribution in [0.4, 0.5) is 5.82 Å². The molecule has 0 spiro atoms. The minimum absolute atomic E-state index is 0.0264. The minimum atomic E-state index is 0.0264. The quantitative estimate of drug-likeness (QED) is 0.660. The molecule has 1 aliphatic heterocycles. The Morgan fingerprint density at radius 1 is 1.19 bits per heavy atom. The molecule has 3 aromatic rings. The first kappa shape index (κ1) is 18.3. The van der Waals surface area contributed by atoms with Gasteiger partial charge < -0.3 is 10.2 Å². The molecule has 0 atom stereocenters. The Bertz CT molecular complexity index is 993. The van der Waals surface area contributed by atoms with Crippen LogP contribution in [0, 0.1) is 5.92 Å². The van der Waals surface area contributed by atoms with Gasteiger partial charge in [-0.15, -0.1) is 0 Å². The van der Waals surface area contributed by atoms with E-state index in [1.807, 2.05) is 24.3 Å². The highest BCUT2D eigenvalue weighted by Crippen LogP contribution is 2.34. The predicted molar refractivity (Wildman–Crippen MR) is 110 cm³/mol. The Morgan fingerprint density at radius 2 is 1.96 bits per heavy atom. The van der Waals surface area contributed by atoms with Gasteiger partial charge in [-0.1, -0.05) is 29.3 Å². The summed E-state index contributed by atoms with van der Waals surface area (Å²) in [5.74, 6) is 0.607. The molecule has 1 amide bonds. The molecule has 2 aromatic carbocycles. The molecular formula is C20H20Cl2N4O. The van der Waals surface area contributed by atoms with E-state index in [1.165, 1.54) is 0 Å². The number of benzene rings is 2. The van der Waals surface area contributed by atoms with Gasteiger partial charge in [0.25, 0.3) is 0 Å². The topological polar surface area (TPSA) is 61.0 Å². The highest BCUT2D eigenvalue weighted by Gasteiger charge is 2.24. The number of nitrogens with zero attached hydrogens (tertiary/aromatic N) is 2. The number of amides is 1. The van der Waals surface area contributed by atoms with Crippen molar-refractivity contribution in [1.29, 1.82) is 0 Å². The molecule has 2 N–H and O–H groups in total. The lowest BCUT2D eigenvalue weighted by Gasteiger charge is -2.27. The molecule has 27 heavy (non-hydrogen) atoms. The second-order valence-electron chi connectivity index (χ2n) is 7.02. The second-order valence-corrected chi connectivity index (χ2v) is 7.87. The average Bonchev–Trinajstić information content (AvgIpc) is 3.06. The van der Waals surface area contributed by atoms with Crippen molar-refractivity contribution in [2.24, 2.45) is 5.92 Å². The average molecular weight is 403 g/mol. The van der Waals surface area contributed by atoms with Gasteiger partial charge in [0.2, 0.25) is 5.91 Å². The molecule has 1 aromatic heterocycles. The van der Waals surface area contributed by atoms with E-state index in [9.17, 15) is 4.79 Å². The van der Waals surface area contributed by atoms with Gasteiger partial charge in [0, 0.05) is 26.9 Å². The number of halogens is 2. The summed E-state index contributed by atoms with van der Waals surface area (Å²) in [4.78, 5) is 14.9. The van der Waals surface area contributed by atoms with Crippen LogP contribution in [0.3, 0.4) is 0 Å². The lowest BCUT2D eigenvalue weighted by atomic mass is 9.96. The van der Waals surface area contributed by atoms with Crippen LogP contribution < -0.4 is 5.32 Å². The van der Waals surface area contributed by atoms with E-state index >= 15 is 0 Å². The van der Waals surface area contributed by atoms with Crippen LogP contribution in [-0.4, -0.2) is 41.1 Å². The number of anilines is 1. The van der Waals surface area contributed by atoms with Gasteiger partial charge in [-0.25, -0.2) is 0 Å². The first-order chi connectivity index (χ1) is 13.0. The van der Waals surface area contributed by atoms with Crippen LogP contribution in [0.2, 0.25) is 10.0 Å². The summed E-state index contributed by atoms with van der Waals surface area (Å²) in [7, 11) is 2.08. The lowest BCUT2D eigenvalue weighted by molar-refractivity contribution is -0.121. The molecular weight excluding hydrogens is 383 g/mol. The third kappa shape index (κ3) is 3.81. The first-order valence-electron chi connectivity index (χ1n) is 8.94. The van der Waals surface area contributed by atoms with Crippen molar-refractivity contribution in [3.05, 3.63) is 46.4 Å². The van der Waals surface area contributed by atoms with E-state index in [2.05, 4.69) is 27.5 Å². The zero-order chi connectivity index (χ0) is 19.0. The van der Waals surface area contributed by atoms with Crippen LogP contribution in [0.25, 0.3) is 22.0 Å². The fourth-order valence-corrected chi connectivity index (χ4v) is 3.88. The van der Waals surface area contributed by atoms with Gasteiger partial charge in [-0.3, -0.25) is 9.89 Å². The molecule has 1 aliphatic rings. The Hall–Kier alpha value is -2.08. The summed E-state index contributed by atoms with van der Waals surface area (Å²) in [5.41, 5.74) is 2.63. The summed E-state index contributed by atoms with van der Waals surface area (Å²) in [6, 6.07) is 11.2. The zero-order valence-corrected chi connectivity index (χ0v) is 16.4. The molecule has 4 rings (SSSR count). The van der Waals surface area contributed by atoms with Gasteiger partial charge >= 0.3 is 0 Å². The number of aromatic amines is 1. The molecule has 0 unspecified atom stereocenters. The Kier molecular flexibility index (Phi) is 5.08. The third-order valence-corrected chi connectivity index (χ3v) is 5.70. The molecule has 1 fully saturated rings. The fourth-order valence-electron chi connectivity index (χ4n) is 3.49. The van der Waals surface area contributed by atoms with E-state index in [0.29, 0.717) is 15.9 Å². The number of H-pyrrole nitrogens is 1. The van der Waals surface area contributed by atoms with Crippen LogP contribution in [0.5, 0.6) is 0 Å². The van der Waals surface area contributed by atoms with Gasteiger partial charge in [0.15, 0.2) is 5.82 Å². The van der Waals surface area contributed by atoms with Crippen LogP contribution in [-0.2, 0) is 4.79 Å². The molecule has 0 saturated carbocycles. The number of hydrogen-bond donors (Lipinski definition) is 2. The fraction of sp³-hybridized carbons (Fsp3) is 0.300. The minimum Gasteiger partial charge on any atom is -0.308 e. The molecule has 0 radical (unpaired) electrons. The van der Waals surface area contributed by atoms with Crippen molar-refractivity contribution >= 4 is 45.8 Å². The normalized spacial score (nSPS) is 16.0. The highest BCUT2D eigenvalue weighted by atomic mass is 35.5. The van der Waals surface area contributed by atoms with Crippen LogP contribution >= 0.6 is 23.2 Å². The SMILES string of the molecule is CN1CCC(C(=O)Nc2n[nH]c3ccc(-c4cc(Cl)ccc4Cl)cc23)CC1. The maximum absolute atomic E-state index is 12.6. The number of carbonyl (C=O) groups excluding carboxylic acids is 1. The number of likely N-dealkylation sites (tertiary alicyclic amines) is 1. The van der Waals surface area contributed by atoms with Gasteiger partial charge in [0.1, 0.15) is 0 Å². The standard InChI is InChI=1S/C20H20Cl2N4O/c1-26-8-6-12(7-9-26)20(27)23-19-16-10-13(2-5-18(16)24-25-19)15-11-14(21)3-4-17(15)22/h2-5,10-12H,6-9H2,1H3,(H2,23,24,25,27). The monoisotopic (exact) mass is 402 g/mol. The van der Waals surface area contributed by atoms with Crippen molar-refractivity contribution in [2.75, 3.05) is 25.5 Å². The summed E-state index contributed by atoms with van der Waals surface area (Å²) in [6.07, 6.45) is 1.74. The Balaban J connectivity index is 1.62. The summed E-state index contributed by atoms with van der Waals surface area (Å²) < 4.78 is 0. The Labute approximate surface area is 167 Å². The summed E-state index contributed by atoms with van der Waals surface area (Å²) in [5, 5.41) is 12.4. The third-order valence-electron chi connectivity index (χ3n) is 5.13. The predicted octanol–water partition coefficient (Wildman–Crippen LogP) is 4.82. The second kappa shape index (κ2) is 7.50. The van der Waals surface area contributed by atoms with Crippen LogP contribution in [0.15, 0.2) is 36.4 Å². The number of hydrogen-bond acceptors (Lipinski definition) is 3. The number of aromatic nitrogens is 2. The smallest absolute Gasteiger partial charge is 0.228 e. The van der Waals surface area contributed by atoms with E-state index < -0.39 is 0 Å². The number of nitrogens with one attached hydrogen (secondary N) is 2. The van der Waals surface area contributed by atoms with Gasteiger partial charge in [0.05, 0.1) is 5.52 Å². The molecule has 0 aliphatic carbocycles. The van der Waals surface area contributed by atoms with Crippen molar-refractivity contribution in [3.63, 3.8) is 0 Å². The van der Waals surface area contributed by atoms with E-state index in [4.69, 9.17) is 23.2 Å². The number of rotatable bonds is 3. The molecule has 5 nitrogen and oxygen atoms in total. The lowest BCUT2D eigenvalue weighted by Crippen LogP contribution is -2.36. The molecule has 2 heterocycles. The maximum atomic E-state index is 12.6. The molecule has 7 heteroatoms. The number of carbonyl (C=O) groups is 1. The maximum Gasteiger partial charge on any atom is 0.228 e. The Morgan fingerprint density at radius 3 is 2.74 bits per heavy atom. The highest BCUT2D eigenvalue weighted by molar-refractivity contribution is 6.35. The largest absolute Gasteiger partial charge is 0.308 e. The van der Waals surface area contributed by atoms with E-state index in [1.54, 1.807) is 12.1 Å². The van der Waals surface area contributed by atoms with Crippen LogP contribution in [0.1, 0.15) is 12.8 Å². The molecule has 1 saturated heterocycles. The van der Waals surface area contributed by atoms with Crippen molar-refractivity contribution < 1.29 is 4.79 Å². The van der Waals surface area contributed by atoms with Gasteiger partial charge in [-0.05, 0) is 68.9 Å². The zero-order valence-electron chi connectivity index (χ0n) is 14.9. The van der Waals surface area contributed by atoms with Crippen molar-refractivity contribution in [3.8, 4) is 11.1 Å². The number of piperidine rings is 1. The number of fused-ring (bicyclic) bond motifs is 1. The van der Waals surface area contributed by atoms with Crippen molar-refractivity contribution in [1.82, 2.24) is 15.1 Å². The van der Waals surface area contributed by atoms with E-state index in [0.717, 1.165) is 48.0 Å². The van der Waals surface area contributed by atoms with E-state index in [-0.39, 0.29) is 11.8 Å². The molecule has 140 valence electrons. The summed E-state index contributed by atoms with van der Waals surface area (Å²) >= 11 is 12.5. The van der Waals surface area contributed by atoms with Gasteiger partial charge in [-0.2, -0.15) is 5.10 Å². The van der Waals surface area contributed by atoms with Crippen molar-refractivity contribution in [2.45, 2.75) is 12.8 Å². The summed E-state index contributed by atoms with van der Waals surface area (Å²) in [6.45, 7) is 1.88.